The van der Waals surface area contributed by atoms with Crippen LogP contribution < -0.4 is 10.1 Å². The molecule has 0 aromatic heterocycles. The maximum Gasteiger partial charge on any atom is 0.162 e. The van der Waals surface area contributed by atoms with Crippen molar-refractivity contribution >= 4 is 74.2 Å². The van der Waals surface area contributed by atoms with Crippen LogP contribution in [0.4, 0.5) is 5.69 Å². The first-order chi connectivity index (χ1) is 18.6. The molecular formula is C32H25Cl4NO2. The standard InChI is InChI=1S/C32H25Cl4NO2/c1-32(2)14-23-28-21-6-4-3-5-17(21)8-10-26(28)37-30(29(23)27(38)15-32)22-11-20(34)13-25(36)31(22)39-16-18-7-9-19(33)12-24(18)35/h3-13,30,37H,14-16H2,1-2H3/t30-/m0/s1. The molecule has 0 amide bonds. The summed E-state index contributed by atoms with van der Waals surface area (Å²) in [6.07, 6.45) is 1.23. The van der Waals surface area contributed by atoms with Crippen LogP contribution in [-0.4, -0.2) is 5.78 Å². The lowest BCUT2D eigenvalue weighted by Gasteiger charge is -2.40. The van der Waals surface area contributed by atoms with Gasteiger partial charge in [-0.05, 0) is 58.5 Å². The van der Waals surface area contributed by atoms with Gasteiger partial charge in [-0.1, -0.05) is 96.6 Å². The van der Waals surface area contributed by atoms with E-state index < -0.39 is 6.04 Å². The van der Waals surface area contributed by atoms with Crippen molar-refractivity contribution in [1.29, 1.82) is 0 Å². The number of halogens is 4. The third-order valence-electron chi connectivity index (χ3n) is 7.47. The van der Waals surface area contributed by atoms with Gasteiger partial charge in [0.15, 0.2) is 5.78 Å². The number of anilines is 1. The highest BCUT2D eigenvalue weighted by atomic mass is 35.5. The normalized spacial score (nSPS) is 18.0. The predicted octanol–water partition coefficient (Wildman–Crippen LogP) is 10.3. The average molecular weight is 597 g/mol. The van der Waals surface area contributed by atoms with Crippen molar-refractivity contribution < 1.29 is 9.53 Å². The molecule has 1 N–H and O–H groups in total. The average Bonchev–Trinajstić information content (AvgIpc) is 2.87. The lowest BCUT2D eigenvalue weighted by atomic mass is 9.68. The number of benzene rings is 4. The zero-order valence-electron chi connectivity index (χ0n) is 21.4. The highest BCUT2D eigenvalue weighted by Crippen LogP contribution is 2.53. The zero-order chi connectivity index (χ0) is 27.5. The van der Waals surface area contributed by atoms with E-state index in [4.69, 9.17) is 51.1 Å². The number of fused-ring (bicyclic) bond motifs is 4. The summed E-state index contributed by atoms with van der Waals surface area (Å²) in [6, 6.07) is 20.7. The van der Waals surface area contributed by atoms with Crippen LogP contribution in [-0.2, 0) is 11.4 Å². The molecular weight excluding hydrogens is 572 g/mol. The first kappa shape index (κ1) is 26.5. The van der Waals surface area contributed by atoms with Crippen LogP contribution in [0, 0.1) is 5.41 Å². The van der Waals surface area contributed by atoms with Crippen LogP contribution in [0.1, 0.15) is 49.4 Å². The monoisotopic (exact) mass is 595 g/mol. The van der Waals surface area contributed by atoms with Crippen molar-refractivity contribution in [2.24, 2.45) is 5.41 Å². The molecule has 3 nitrogen and oxygen atoms in total. The van der Waals surface area contributed by atoms with Gasteiger partial charge in [0.25, 0.3) is 0 Å². The molecule has 4 aromatic carbocycles. The van der Waals surface area contributed by atoms with Crippen LogP contribution in [0.5, 0.6) is 5.75 Å². The Morgan fingerprint density at radius 2 is 1.67 bits per heavy atom. The van der Waals surface area contributed by atoms with Crippen molar-refractivity contribution in [2.45, 2.75) is 39.3 Å². The molecule has 0 saturated heterocycles. The molecule has 0 fully saturated rings. The van der Waals surface area contributed by atoms with Crippen molar-refractivity contribution in [3.8, 4) is 5.75 Å². The van der Waals surface area contributed by atoms with E-state index >= 15 is 0 Å². The summed E-state index contributed by atoms with van der Waals surface area (Å²) in [5, 5.41) is 7.78. The largest absolute Gasteiger partial charge is 0.487 e. The molecule has 198 valence electrons. The molecule has 4 aromatic rings. The summed E-state index contributed by atoms with van der Waals surface area (Å²) in [6.45, 7) is 4.47. The van der Waals surface area contributed by atoms with Crippen LogP contribution in [0.25, 0.3) is 16.3 Å². The fraction of sp³-hybridized carbons (Fsp3) is 0.219. The third-order valence-corrected chi connectivity index (χ3v) is 8.56. The van der Waals surface area contributed by atoms with Gasteiger partial charge in [0, 0.05) is 49.4 Å². The topological polar surface area (TPSA) is 38.3 Å². The third kappa shape index (κ3) is 4.91. The molecule has 39 heavy (non-hydrogen) atoms. The first-order valence-electron chi connectivity index (χ1n) is 12.7. The fourth-order valence-electron chi connectivity index (χ4n) is 5.81. The molecule has 1 aliphatic heterocycles. The second-order valence-electron chi connectivity index (χ2n) is 11.0. The molecule has 1 aliphatic carbocycles. The number of Topliss-reactive ketones (excluding diaryl/α,β-unsaturated/α-hetero) is 1. The Morgan fingerprint density at radius 3 is 2.46 bits per heavy atom. The van der Waals surface area contributed by atoms with Crippen molar-refractivity contribution in [1.82, 2.24) is 0 Å². The van der Waals surface area contributed by atoms with E-state index in [1.54, 1.807) is 18.2 Å². The number of allylic oxidation sites excluding steroid dienone is 1. The lowest BCUT2D eigenvalue weighted by molar-refractivity contribution is -0.118. The SMILES string of the molecule is CC1(C)CC(=O)C2=C(C1)c1c(ccc3ccccc13)N[C@H]2c1cc(Cl)cc(Cl)c1OCc1ccc(Cl)cc1Cl. The second-order valence-corrected chi connectivity index (χ2v) is 12.6. The molecule has 1 atom stereocenters. The highest BCUT2D eigenvalue weighted by molar-refractivity contribution is 6.36. The Kier molecular flexibility index (Phi) is 6.84. The number of ketones is 1. The fourth-order valence-corrected chi connectivity index (χ4v) is 6.83. The number of hydrogen-bond donors (Lipinski definition) is 1. The van der Waals surface area contributed by atoms with Gasteiger partial charge in [0.2, 0.25) is 0 Å². The number of carbonyl (C=O) groups is 1. The Hall–Kier alpha value is -2.69. The van der Waals surface area contributed by atoms with E-state index in [1.807, 2.05) is 24.3 Å². The van der Waals surface area contributed by atoms with Crippen LogP contribution in [0.3, 0.4) is 0 Å². The van der Waals surface area contributed by atoms with E-state index in [0.717, 1.165) is 45.2 Å². The van der Waals surface area contributed by atoms with Gasteiger partial charge < -0.3 is 10.1 Å². The maximum atomic E-state index is 13.9. The first-order valence-corrected chi connectivity index (χ1v) is 14.2. The number of rotatable bonds is 4. The van der Waals surface area contributed by atoms with E-state index in [1.165, 1.54) is 0 Å². The molecule has 0 saturated carbocycles. The minimum atomic E-state index is -0.482. The number of carbonyl (C=O) groups excluding carboxylic acids is 1. The quantitative estimate of drug-likeness (QED) is 0.255. The van der Waals surface area contributed by atoms with Gasteiger partial charge in [0.05, 0.1) is 11.1 Å². The molecule has 7 heteroatoms. The number of nitrogens with one attached hydrogen (secondary N) is 1. The van der Waals surface area contributed by atoms with Gasteiger partial charge in [-0.15, -0.1) is 0 Å². The van der Waals surface area contributed by atoms with E-state index in [2.05, 4.69) is 43.4 Å². The molecule has 2 aliphatic rings. The Bertz CT molecular complexity index is 1690. The Balaban J connectivity index is 1.52. The van der Waals surface area contributed by atoms with Crippen LogP contribution >= 0.6 is 46.4 Å². The minimum Gasteiger partial charge on any atom is -0.487 e. The molecule has 0 unspecified atom stereocenters. The number of hydrogen-bond acceptors (Lipinski definition) is 3. The van der Waals surface area contributed by atoms with Crippen LogP contribution in [0.2, 0.25) is 20.1 Å². The summed E-state index contributed by atoms with van der Waals surface area (Å²) >= 11 is 25.7. The van der Waals surface area contributed by atoms with Gasteiger partial charge in [-0.25, -0.2) is 0 Å². The Labute approximate surface area is 247 Å². The van der Waals surface area contributed by atoms with E-state index in [-0.39, 0.29) is 17.8 Å². The number of ether oxygens (including phenoxy) is 1. The van der Waals surface area contributed by atoms with E-state index in [9.17, 15) is 4.79 Å². The predicted molar refractivity (Wildman–Crippen MR) is 163 cm³/mol. The molecule has 0 radical (unpaired) electrons. The lowest BCUT2D eigenvalue weighted by Crippen LogP contribution is -2.33. The zero-order valence-corrected chi connectivity index (χ0v) is 24.4. The van der Waals surface area contributed by atoms with Crippen molar-refractivity contribution in [3.63, 3.8) is 0 Å². The van der Waals surface area contributed by atoms with Gasteiger partial charge in [-0.2, -0.15) is 0 Å². The minimum absolute atomic E-state index is 0.111. The molecule has 0 spiro atoms. The summed E-state index contributed by atoms with van der Waals surface area (Å²) in [5.74, 6) is 0.568. The second kappa shape index (κ2) is 10.1. The highest BCUT2D eigenvalue weighted by Gasteiger charge is 2.42. The van der Waals surface area contributed by atoms with Gasteiger partial charge in [-0.3, -0.25) is 4.79 Å². The molecule has 6 rings (SSSR count). The summed E-state index contributed by atoms with van der Waals surface area (Å²) < 4.78 is 6.31. The van der Waals surface area contributed by atoms with Crippen molar-refractivity contribution in [2.75, 3.05) is 5.32 Å². The summed E-state index contributed by atoms with van der Waals surface area (Å²) in [4.78, 5) is 13.9. The maximum absolute atomic E-state index is 13.9. The Morgan fingerprint density at radius 1 is 0.897 bits per heavy atom. The molecule has 1 heterocycles. The summed E-state index contributed by atoms with van der Waals surface area (Å²) in [5.41, 5.74) is 5.16. The smallest absolute Gasteiger partial charge is 0.162 e. The van der Waals surface area contributed by atoms with Gasteiger partial charge >= 0.3 is 0 Å². The summed E-state index contributed by atoms with van der Waals surface area (Å²) in [7, 11) is 0. The van der Waals surface area contributed by atoms with Crippen molar-refractivity contribution in [3.05, 3.63) is 109 Å². The van der Waals surface area contributed by atoms with E-state index in [0.29, 0.717) is 37.8 Å². The molecule has 0 bridgehead atoms. The van der Waals surface area contributed by atoms with Gasteiger partial charge in [0.1, 0.15) is 12.4 Å². The van der Waals surface area contributed by atoms with Crippen LogP contribution in [0.15, 0.2) is 72.3 Å².